The molecule has 0 radical (unpaired) electrons. The maximum absolute atomic E-state index is 5.82. The summed E-state index contributed by atoms with van der Waals surface area (Å²) in [5, 5.41) is 0. The van der Waals surface area contributed by atoms with Gasteiger partial charge in [0.25, 0.3) is 0 Å². The lowest BCUT2D eigenvalue weighted by molar-refractivity contribution is 0.170. The molecule has 2 heteroatoms. The summed E-state index contributed by atoms with van der Waals surface area (Å²) in [6.45, 7) is 4.78. The number of rotatable bonds is 6. The number of hydrazine groups is 1. The predicted molar refractivity (Wildman–Crippen MR) is 86.2 cm³/mol. The number of hydrogen-bond acceptors (Lipinski definition) is 2. The van der Waals surface area contributed by atoms with E-state index in [1.54, 1.807) is 0 Å². The lowest BCUT2D eigenvalue weighted by Crippen LogP contribution is -2.43. The quantitative estimate of drug-likeness (QED) is 0.609. The molecule has 0 saturated heterocycles. The van der Waals surface area contributed by atoms with E-state index in [4.69, 9.17) is 5.84 Å². The molecule has 0 heterocycles. The van der Waals surface area contributed by atoms with Crippen LogP contribution in [-0.4, -0.2) is 6.04 Å². The Balaban J connectivity index is 1.80. The first-order valence-corrected chi connectivity index (χ1v) is 8.19. The predicted octanol–water partition coefficient (Wildman–Crippen LogP) is 3.91. The minimum absolute atomic E-state index is 0.490. The van der Waals surface area contributed by atoms with Gasteiger partial charge in [0.2, 0.25) is 0 Å². The second kappa shape index (κ2) is 7.80. The third kappa shape index (κ3) is 4.60. The maximum Gasteiger partial charge on any atom is 0.0239 e. The normalized spacial score (nSPS) is 28.2. The van der Waals surface area contributed by atoms with Crippen molar-refractivity contribution in [3.05, 3.63) is 35.9 Å². The second-order valence-electron chi connectivity index (χ2n) is 6.83. The molecule has 0 bridgehead atoms. The number of nitrogens with one attached hydrogen (secondary N) is 1. The van der Waals surface area contributed by atoms with Crippen molar-refractivity contribution in [3.8, 4) is 0 Å². The number of nitrogens with two attached hydrogens (primary N) is 1. The Hall–Kier alpha value is -0.860. The summed E-state index contributed by atoms with van der Waals surface area (Å²) in [5.41, 5.74) is 4.54. The van der Waals surface area contributed by atoms with Crippen LogP contribution in [0.15, 0.2) is 30.3 Å². The van der Waals surface area contributed by atoms with E-state index < -0.39 is 0 Å². The molecule has 0 spiro atoms. The first-order chi connectivity index (χ1) is 9.69. The molecule has 3 N–H and O–H groups in total. The van der Waals surface area contributed by atoms with E-state index in [0.29, 0.717) is 6.04 Å². The Labute approximate surface area is 124 Å². The molecule has 0 aliphatic heterocycles. The first kappa shape index (κ1) is 15.5. The summed E-state index contributed by atoms with van der Waals surface area (Å²) < 4.78 is 0. The Morgan fingerprint density at radius 2 is 1.75 bits per heavy atom. The third-order valence-electron chi connectivity index (χ3n) is 4.82. The van der Waals surface area contributed by atoms with Gasteiger partial charge in [0, 0.05) is 6.04 Å². The van der Waals surface area contributed by atoms with Gasteiger partial charge in [-0.15, -0.1) is 0 Å². The Bertz CT molecular complexity index is 366. The van der Waals surface area contributed by atoms with Gasteiger partial charge in [-0.2, -0.15) is 0 Å². The zero-order chi connectivity index (χ0) is 14.4. The summed E-state index contributed by atoms with van der Waals surface area (Å²) >= 11 is 0. The average molecular weight is 274 g/mol. The van der Waals surface area contributed by atoms with Crippen LogP contribution in [0.3, 0.4) is 0 Å². The highest BCUT2D eigenvalue weighted by atomic mass is 15.2. The van der Waals surface area contributed by atoms with Crippen molar-refractivity contribution in [2.45, 2.75) is 58.4 Å². The Morgan fingerprint density at radius 1 is 1.10 bits per heavy atom. The van der Waals surface area contributed by atoms with Crippen molar-refractivity contribution >= 4 is 0 Å². The van der Waals surface area contributed by atoms with Crippen molar-refractivity contribution in [1.29, 1.82) is 0 Å². The van der Waals surface area contributed by atoms with E-state index in [1.165, 1.54) is 37.7 Å². The fraction of sp³-hybridized carbons (Fsp3) is 0.667. The van der Waals surface area contributed by atoms with Crippen LogP contribution < -0.4 is 11.3 Å². The Kier molecular flexibility index (Phi) is 6.06. The average Bonchev–Trinajstić information content (AvgIpc) is 2.43. The molecule has 2 rings (SSSR count). The molecule has 3 unspecified atom stereocenters. The van der Waals surface area contributed by atoms with Crippen LogP contribution in [0.2, 0.25) is 0 Å². The van der Waals surface area contributed by atoms with Gasteiger partial charge >= 0.3 is 0 Å². The molecule has 1 aromatic rings. The van der Waals surface area contributed by atoms with Gasteiger partial charge in [0.05, 0.1) is 0 Å². The van der Waals surface area contributed by atoms with Gasteiger partial charge < -0.3 is 0 Å². The molecule has 0 aromatic heterocycles. The van der Waals surface area contributed by atoms with Crippen molar-refractivity contribution in [3.63, 3.8) is 0 Å². The van der Waals surface area contributed by atoms with E-state index in [2.05, 4.69) is 49.6 Å². The standard InChI is InChI=1S/C18H30N2/c1-14-11-15(2)13-17(12-14)18(20-19)10-6-9-16-7-4-3-5-8-16/h3-5,7-8,14-15,17-18,20H,6,9-13,19H2,1-2H3. The minimum atomic E-state index is 0.490. The van der Waals surface area contributed by atoms with Crippen LogP contribution in [0, 0.1) is 17.8 Å². The van der Waals surface area contributed by atoms with Crippen LogP contribution in [0.4, 0.5) is 0 Å². The minimum Gasteiger partial charge on any atom is -0.271 e. The fourth-order valence-corrected chi connectivity index (χ4v) is 3.96. The monoisotopic (exact) mass is 274 g/mol. The van der Waals surface area contributed by atoms with E-state index in [-0.39, 0.29) is 0 Å². The van der Waals surface area contributed by atoms with Gasteiger partial charge in [-0.05, 0) is 61.8 Å². The SMILES string of the molecule is CC1CC(C)CC(C(CCCc2ccccc2)NN)C1. The summed E-state index contributed by atoms with van der Waals surface area (Å²) in [6, 6.07) is 11.3. The molecule has 3 atom stereocenters. The molecule has 112 valence electrons. The van der Waals surface area contributed by atoms with Crippen LogP contribution >= 0.6 is 0 Å². The summed E-state index contributed by atoms with van der Waals surface area (Å²) in [6.07, 6.45) is 7.64. The number of aryl methyl sites for hydroxylation is 1. The van der Waals surface area contributed by atoms with Gasteiger partial charge in [0.15, 0.2) is 0 Å². The molecule has 1 aromatic carbocycles. The number of hydrogen-bond donors (Lipinski definition) is 2. The highest BCUT2D eigenvalue weighted by Crippen LogP contribution is 2.35. The summed E-state index contributed by atoms with van der Waals surface area (Å²) in [4.78, 5) is 0. The smallest absolute Gasteiger partial charge is 0.0239 e. The van der Waals surface area contributed by atoms with Crippen molar-refractivity contribution in [2.24, 2.45) is 23.6 Å². The highest BCUT2D eigenvalue weighted by Gasteiger charge is 2.29. The molecule has 1 aliphatic rings. The zero-order valence-corrected chi connectivity index (χ0v) is 13.0. The van der Waals surface area contributed by atoms with Crippen molar-refractivity contribution < 1.29 is 0 Å². The first-order valence-electron chi connectivity index (χ1n) is 8.19. The topological polar surface area (TPSA) is 38.0 Å². The second-order valence-corrected chi connectivity index (χ2v) is 6.83. The molecule has 1 saturated carbocycles. The highest BCUT2D eigenvalue weighted by molar-refractivity contribution is 5.14. The molecule has 2 nitrogen and oxygen atoms in total. The fourth-order valence-electron chi connectivity index (χ4n) is 3.96. The summed E-state index contributed by atoms with van der Waals surface area (Å²) in [5.74, 6) is 8.29. The van der Waals surface area contributed by atoms with E-state index in [0.717, 1.165) is 24.2 Å². The van der Waals surface area contributed by atoms with E-state index in [9.17, 15) is 0 Å². The van der Waals surface area contributed by atoms with Crippen LogP contribution in [0.1, 0.15) is 51.5 Å². The van der Waals surface area contributed by atoms with Crippen molar-refractivity contribution in [1.82, 2.24) is 5.43 Å². The molecular formula is C18H30N2. The van der Waals surface area contributed by atoms with E-state index in [1.807, 2.05) is 0 Å². The largest absolute Gasteiger partial charge is 0.271 e. The van der Waals surface area contributed by atoms with Gasteiger partial charge in [0.1, 0.15) is 0 Å². The number of benzene rings is 1. The molecular weight excluding hydrogens is 244 g/mol. The van der Waals surface area contributed by atoms with Crippen LogP contribution in [0.25, 0.3) is 0 Å². The molecule has 1 fully saturated rings. The molecule has 0 amide bonds. The van der Waals surface area contributed by atoms with Crippen molar-refractivity contribution in [2.75, 3.05) is 0 Å². The van der Waals surface area contributed by atoms with E-state index >= 15 is 0 Å². The Morgan fingerprint density at radius 3 is 2.35 bits per heavy atom. The summed E-state index contributed by atoms with van der Waals surface area (Å²) in [7, 11) is 0. The lowest BCUT2D eigenvalue weighted by atomic mass is 9.73. The van der Waals surface area contributed by atoms with Gasteiger partial charge in [-0.25, -0.2) is 0 Å². The maximum atomic E-state index is 5.82. The van der Waals surface area contributed by atoms with Crippen LogP contribution in [-0.2, 0) is 6.42 Å². The van der Waals surface area contributed by atoms with Crippen LogP contribution in [0.5, 0.6) is 0 Å². The zero-order valence-electron chi connectivity index (χ0n) is 13.0. The lowest BCUT2D eigenvalue weighted by Gasteiger charge is -2.36. The third-order valence-corrected chi connectivity index (χ3v) is 4.82. The van der Waals surface area contributed by atoms with Gasteiger partial charge in [-0.3, -0.25) is 11.3 Å². The molecule has 20 heavy (non-hydrogen) atoms. The van der Waals surface area contributed by atoms with Gasteiger partial charge in [-0.1, -0.05) is 44.2 Å². The molecule has 1 aliphatic carbocycles.